The Kier molecular flexibility index (Phi) is 3.78. The largest absolute Gasteiger partial charge is 0.329 e. The van der Waals surface area contributed by atoms with Crippen LogP contribution < -0.4 is 5.73 Å². The molecule has 0 radical (unpaired) electrons. The minimum absolute atomic E-state index is 0.505. The van der Waals surface area contributed by atoms with Crippen LogP contribution in [0, 0.1) is 17.2 Å². The van der Waals surface area contributed by atoms with E-state index in [-0.39, 0.29) is 0 Å². The lowest BCUT2D eigenvalue weighted by Crippen LogP contribution is -2.39. The summed E-state index contributed by atoms with van der Waals surface area (Å²) in [5.74, 6) is 0.795. The van der Waals surface area contributed by atoms with Crippen LogP contribution in [0.15, 0.2) is 24.3 Å². The first-order valence-corrected chi connectivity index (χ1v) is 6.14. The van der Waals surface area contributed by atoms with Gasteiger partial charge in [-0.1, -0.05) is 12.1 Å². The first-order chi connectivity index (χ1) is 8.24. The van der Waals surface area contributed by atoms with Crippen molar-refractivity contribution >= 4 is 0 Å². The molecule has 0 saturated heterocycles. The van der Waals surface area contributed by atoms with Crippen molar-refractivity contribution in [2.75, 3.05) is 13.6 Å². The van der Waals surface area contributed by atoms with Gasteiger partial charge in [-0.2, -0.15) is 5.26 Å². The summed E-state index contributed by atoms with van der Waals surface area (Å²) in [5, 5.41) is 8.74. The van der Waals surface area contributed by atoms with Crippen LogP contribution >= 0.6 is 0 Å². The number of hydrogen-bond donors (Lipinski definition) is 1. The number of nitrogens with zero attached hydrogens (tertiary/aromatic N) is 2. The highest BCUT2D eigenvalue weighted by molar-refractivity contribution is 5.31. The van der Waals surface area contributed by atoms with Crippen LogP contribution in [0.4, 0.5) is 0 Å². The molecule has 0 amide bonds. The Morgan fingerprint density at radius 3 is 2.53 bits per heavy atom. The van der Waals surface area contributed by atoms with Gasteiger partial charge in [-0.25, -0.2) is 0 Å². The van der Waals surface area contributed by atoms with Gasteiger partial charge >= 0.3 is 0 Å². The van der Waals surface area contributed by atoms with E-state index >= 15 is 0 Å². The van der Waals surface area contributed by atoms with Crippen molar-refractivity contribution in [2.45, 2.75) is 25.4 Å². The van der Waals surface area contributed by atoms with Gasteiger partial charge in [-0.3, -0.25) is 4.90 Å². The van der Waals surface area contributed by atoms with E-state index in [0.717, 1.165) is 19.0 Å². The molecule has 0 bridgehead atoms. The van der Waals surface area contributed by atoms with Crippen LogP contribution in [0.2, 0.25) is 0 Å². The number of benzene rings is 1. The van der Waals surface area contributed by atoms with Gasteiger partial charge in [0, 0.05) is 19.1 Å². The standard InChI is InChI=1S/C14H19N3/c1-17(14(9-16)13-6-7-13)10-12-4-2-11(8-15)3-5-12/h2-5,13-14H,6-7,9-10,16H2,1H3. The summed E-state index contributed by atoms with van der Waals surface area (Å²) in [6, 6.07) is 10.4. The minimum atomic E-state index is 0.505. The Bertz CT molecular complexity index is 400. The van der Waals surface area contributed by atoms with Gasteiger partial charge < -0.3 is 5.73 Å². The third-order valence-electron chi connectivity index (χ3n) is 3.49. The molecular formula is C14H19N3. The maximum absolute atomic E-state index is 8.74. The fraction of sp³-hybridized carbons (Fsp3) is 0.500. The molecule has 1 aliphatic carbocycles. The molecule has 0 aromatic heterocycles. The topological polar surface area (TPSA) is 53.0 Å². The van der Waals surface area contributed by atoms with Crippen LogP contribution in [-0.2, 0) is 6.54 Å². The van der Waals surface area contributed by atoms with Crippen molar-refractivity contribution < 1.29 is 0 Å². The van der Waals surface area contributed by atoms with Gasteiger partial charge in [0.05, 0.1) is 11.6 Å². The molecule has 1 saturated carbocycles. The Balaban J connectivity index is 1.96. The molecule has 90 valence electrons. The monoisotopic (exact) mass is 229 g/mol. The van der Waals surface area contributed by atoms with Crippen molar-refractivity contribution in [3.05, 3.63) is 35.4 Å². The van der Waals surface area contributed by atoms with Crippen LogP contribution in [0.3, 0.4) is 0 Å². The lowest BCUT2D eigenvalue weighted by Gasteiger charge is -2.27. The van der Waals surface area contributed by atoms with Crippen LogP contribution in [-0.4, -0.2) is 24.5 Å². The Labute approximate surface area is 103 Å². The Morgan fingerprint density at radius 1 is 1.41 bits per heavy atom. The van der Waals surface area contributed by atoms with Gasteiger partial charge in [-0.05, 0) is 43.5 Å². The molecular weight excluding hydrogens is 210 g/mol. The summed E-state index contributed by atoms with van der Waals surface area (Å²) in [6.45, 7) is 1.64. The Hall–Kier alpha value is -1.37. The highest BCUT2D eigenvalue weighted by Gasteiger charge is 2.32. The summed E-state index contributed by atoms with van der Waals surface area (Å²) >= 11 is 0. The van der Waals surface area contributed by atoms with E-state index in [0.29, 0.717) is 11.6 Å². The summed E-state index contributed by atoms with van der Waals surface area (Å²) in [7, 11) is 2.13. The lowest BCUT2D eigenvalue weighted by atomic mass is 10.1. The molecule has 2 rings (SSSR count). The zero-order chi connectivity index (χ0) is 12.3. The summed E-state index contributed by atoms with van der Waals surface area (Å²) in [5.41, 5.74) is 7.79. The summed E-state index contributed by atoms with van der Waals surface area (Å²) in [4.78, 5) is 2.33. The van der Waals surface area contributed by atoms with Crippen molar-refractivity contribution in [3.63, 3.8) is 0 Å². The average Bonchev–Trinajstić information content (AvgIpc) is 3.15. The average molecular weight is 229 g/mol. The van der Waals surface area contributed by atoms with Crippen LogP contribution in [0.1, 0.15) is 24.0 Å². The van der Waals surface area contributed by atoms with Crippen molar-refractivity contribution in [2.24, 2.45) is 11.7 Å². The van der Waals surface area contributed by atoms with Gasteiger partial charge in [0.25, 0.3) is 0 Å². The predicted octanol–water partition coefficient (Wildman–Crippen LogP) is 1.73. The molecule has 1 aromatic rings. The van der Waals surface area contributed by atoms with Gasteiger partial charge in [0.1, 0.15) is 0 Å². The SMILES string of the molecule is CN(Cc1ccc(C#N)cc1)C(CN)C1CC1. The second kappa shape index (κ2) is 5.31. The van der Waals surface area contributed by atoms with E-state index in [1.807, 2.05) is 24.3 Å². The molecule has 0 heterocycles. The highest BCUT2D eigenvalue weighted by Crippen LogP contribution is 2.34. The highest BCUT2D eigenvalue weighted by atomic mass is 15.1. The van der Waals surface area contributed by atoms with Crippen molar-refractivity contribution in [1.82, 2.24) is 4.90 Å². The van der Waals surface area contributed by atoms with E-state index in [9.17, 15) is 0 Å². The van der Waals surface area contributed by atoms with E-state index in [1.54, 1.807) is 0 Å². The third kappa shape index (κ3) is 3.06. The van der Waals surface area contributed by atoms with Gasteiger partial charge in [0.15, 0.2) is 0 Å². The zero-order valence-corrected chi connectivity index (χ0v) is 10.3. The maximum atomic E-state index is 8.74. The van der Waals surface area contributed by atoms with E-state index in [1.165, 1.54) is 18.4 Å². The number of rotatable bonds is 5. The molecule has 1 aliphatic rings. The number of nitrogens with two attached hydrogens (primary N) is 1. The molecule has 2 N–H and O–H groups in total. The molecule has 1 atom stereocenters. The fourth-order valence-corrected chi connectivity index (χ4v) is 2.30. The van der Waals surface area contributed by atoms with Crippen LogP contribution in [0.5, 0.6) is 0 Å². The molecule has 1 fully saturated rings. The summed E-state index contributed by atoms with van der Waals surface area (Å²) in [6.07, 6.45) is 2.64. The molecule has 17 heavy (non-hydrogen) atoms. The van der Waals surface area contributed by atoms with Crippen molar-refractivity contribution in [1.29, 1.82) is 5.26 Å². The van der Waals surface area contributed by atoms with E-state index in [2.05, 4.69) is 18.0 Å². The number of nitriles is 1. The molecule has 1 aromatic carbocycles. The summed E-state index contributed by atoms with van der Waals surface area (Å²) < 4.78 is 0. The second-order valence-electron chi connectivity index (χ2n) is 4.86. The molecule has 3 nitrogen and oxygen atoms in total. The van der Waals surface area contributed by atoms with Gasteiger partial charge in [0.2, 0.25) is 0 Å². The number of hydrogen-bond acceptors (Lipinski definition) is 3. The molecule has 0 spiro atoms. The molecule has 1 unspecified atom stereocenters. The quantitative estimate of drug-likeness (QED) is 0.836. The molecule has 0 aliphatic heterocycles. The smallest absolute Gasteiger partial charge is 0.0991 e. The van der Waals surface area contributed by atoms with E-state index < -0.39 is 0 Å². The van der Waals surface area contributed by atoms with Gasteiger partial charge in [-0.15, -0.1) is 0 Å². The first-order valence-electron chi connectivity index (χ1n) is 6.14. The zero-order valence-electron chi connectivity index (χ0n) is 10.3. The minimum Gasteiger partial charge on any atom is -0.329 e. The van der Waals surface area contributed by atoms with E-state index in [4.69, 9.17) is 11.0 Å². The first kappa shape index (κ1) is 12.1. The second-order valence-corrected chi connectivity index (χ2v) is 4.86. The number of likely N-dealkylation sites (N-methyl/N-ethyl adjacent to an activating group) is 1. The van der Waals surface area contributed by atoms with Crippen molar-refractivity contribution in [3.8, 4) is 6.07 Å². The normalized spacial score (nSPS) is 16.8. The van der Waals surface area contributed by atoms with Crippen LogP contribution in [0.25, 0.3) is 0 Å². The maximum Gasteiger partial charge on any atom is 0.0991 e. The Morgan fingerprint density at radius 2 is 2.06 bits per heavy atom. The lowest BCUT2D eigenvalue weighted by molar-refractivity contribution is 0.215. The third-order valence-corrected chi connectivity index (χ3v) is 3.49. The molecule has 3 heteroatoms. The fourth-order valence-electron chi connectivity index (χ4n) is 2.30. The predicted molar refractivity (Wildman–Crippen MR) is 68.2 cm³/mol.